The van der Waals surface area contributed by atoms with E-state index < -0.39 is 47.2 Å². The minimum atomic E-state index is -6.58. The van der Waals surface area contributed by atoms with Gasteiger partial charge in [-0.15, -0.1) is 0 Å². The Balaban J connectivity index is 2.60. The topological polar surface area (TPSA) is 62.1 Å². The van der Waals surface area contributed by atoms with Gasteiger partial charge in [-0.25, -0.2) is 0 Å². The standard InChI is InChI=1S/C18H19F7N2O3/c1-14(2,3)15(29)9-12(16(19,20)17(21,22)18(23,24)25)26-27(15)13(28)10-6-5-7-11(8-10)30-4/h5-8,29H,9H2,1-4H3/t15-/m1/s1. The lowest BCUT2D eigenvalue weighted by atomic mass is 9.79. The summed E-state index contributed by atoms with van der Waals surface area (Å²) in [7, 11) is 1.28. The van der Waals surface area contributed by atoms with Gasteiger partial charge in [0.1, 0.15) is 11.5 Å². The fraction of sp³-hybridized carbons (Fsp3) is 0.556. The van der Waals surface area contributed by atoms with Crippen molar-refractivity contribution in [3.8, 4) is 5.75 Å². The maximum Gasteiger partial charge on any atom is 0.460 e. The number of carbonyl (C=O) groups excluding carboxylic acids is 1. The maximum atomic E-state index is 14.2. The lowest BCUT2D eigenvalue weighted by Gasteiger charge is -2.41. The van der Waals surface area contributed by atoms with E-state index >= 15 is 0 Å². The Labute approximate surface area is 167 Å². The highest BCUT2D eigenvalue weighted by atomic mass is 19.4. The second-order valence-corrected chi connectivity index (χ2v) is 7.79. The van der Waals surface area contributed by atoms with Gasteiger partial charge in [0.25, 0.3) is 5.91 Å². The fourth-order valence-corrected chi connectivity index (χ4v) is 2.75. The average molecular weight is 444 g/mol. The number of aliphatic hydroxyl groups is 1. The number of benzene rings is 1. The summed E-state index contributed by atoms with van der Waals surface area (Å²) in [4.78, 5) is 12.8. The average Bonchev–Trinajstić information content (AvgIpc) is 2.99. The summed E-state index contributed by atoms with van der Waals surface area (Å²) in [5.41, 5.74) is -6.23. The van der Waals surface area contributed by atoms with Crippen molar-refractivity contribution in [2.75, 3.05) is 7.11 Å². The summed E-state index contributed by atoms with van der Waals surface area (Å²) < 4.78 is 98.1. The van der Waals surface area contributed by atoms with Crippen LogP contribution in [0.25, 0.3) is 0 Å². The third-order valence-electron chi connectivity index (χ3n) is 4.81. The van der Waals surface area contributed by atoms with Gasteiger partial charge in [-0.2, -0.15) is 40.8 Å². The van der Waals surface area contributed by atoms with Crippen LogP contribution in [0, 0.1) is 5.41 Å². The summed E-state index contributed by atoms with van der Waals surface area (Å²) in [6.07, 6.45) is -7.99. The molecule has 2 rings (SSSR count). The lowest BCUT2D eigenvalue weighted by Crippen LogP contribution is -2.58. The minimum absolute atomic E-state index is 0.122. The summed E-state index contributed by atoms with van der Waals surface area (Å²) in [5, 5.41) is 14.1. The van der Waals surface area contributed by atoms with Gasteiger partial charge >= 0.3 is 18.0 Å². The second kappa shape index (κ2) is 7.10. The van der Waals surface area contributed by atoms with Crippen LogP contribution in [-0.2, 0) is 0 Å². The minimum Gasteiger partial charge on any atom is -0.497 e. The second-order valence-electron chi connectivity index (χ2n) is 7.79. The first-order chi connectivity index (χ1) is 13.4. The van der Waals surface area contributed by atoms with Crippen LogP contribution < -0.4 is 4.74 Å². The van der Waals surface area contributed by atoms with Crippen molar-refractivity contribution in [3.63, 3.8) is 0 Å². The zero-order valence-electron chi connectivity index (χ0n) is 16.3. The number of hydrogen-bond acceptors (Lipinski definition) is 4. The highest BCUT2D eigenvalue weighted by Gasteiger charge is 2.76. The molecule has 1 aliphatic rings. The third-order valence-corrected chi connectivity index (χ3v) is 4.81. The summed E-state index contributed by atoms with van der Waals surface area (Å²) in [6.45, 7) is 3.87. The lowest BCUT2D eigenvalue weighted by molar-refractivity contribution is -0.336. The van der Waals surface area contributed by atoms with Gasteiger partial charge in [-0.1, -0.05) is 26.8 Å². The van der Waals surface area contributed by atoms with Crippen LogP contribution in [0.5, 0.6) is 5.75 Å². The fourth-order valence-electron chi connectivity index (χ4n) is 2.75. The van der Waals surface area contributed by atoms with Gasteiger partial charge in [-0.05, 0) is 18.2 Å². The Hall–Kier alpha value is -2.37. The first kappa shape index (κ1) is 23.9. The van der Waals surface area contributed by atoms with Crippen LogP contribution in [0.4, 0.5) is 30.7 Å². The zero-order chi connectivity index (χ0) is 23.3. The summed E-state index contributed by atoms with van der Waals surface area (Å²) in [6, 6.07) is 5.18. The van der Waals surface area contributed by atoms with Crippen molar-refractivity contribution in [2.45, 2.75) is 50.9 Å². The molecule has 12 heteroatoms. The predicted molar refractivity (Wildman–Crippen MR) is 91.6 cm³/mol. The number of amides is 1. The molecule has 1 atom stereocenters. The molecule has 1 amide bonds. The molecule has 168 valence electrons. The molecule has 0 fully saturated rings. The van der Waals surface area contributed by atoms with E-state index in [4.69, 9.17) is 4.74 Å². The molecule has 1 aliphatic heterocycles. The normalized spacial score (nSPS) is 20.9. The number of methoxy groups -OCH3 is 1. The number of hydrogen-bond donors (Lipinski definition) is 1. The van der Waals surface area contributed by atoms with Crippen molar-refractivity contribution in [3.05, 3.63) is 29.8 Å². The van der Waals surface area contributed by atoms with Crippen LogP contribution in [0.1, 0.15) is 37.6 Å². The number of hydrazone groups is 1. The maximum absolute atomic E-state index is 14.2. The van der Waals surface area contributed by atoms with Gasteiger partial charge in [0.05, 0.1) is 7.11 Å². The molecular weight excluding hydrogens is 425 g/mol. The van der Waals surface area contributed by atoms with Gasteiger partial charge in [0.2, 0.25) is 0 Å². The van der Waals surface area contributed by atoms with E-state index in [1.807, 2.05) is 0 Å². The number of halogens is 7. The molecule has 0 aromatic heterocycles. The van der Waals surface area contributed by atoms with Crippen molar-refractivity contribution in [2.24, 2.45) is 10.5 Å². The van der Waals surface area contributed by atoms with E-state index in [0.717, 1.165) is 0 Å². The molecule has 1 N–H and O–H groups in total. The highest BCUT2D eigenvalue weighted by molar-refractivity contribution is 6.01. The Morgan fingerprint density at radius 1 is 1.13 bits per heavy atom. The Bertz CT molecular complexity index is 862. The molecule has 1 aromatic carbocycles. The molecule has 0 aliphatic carbocycles. The SMILES string of the molecule is COc1cccc(C(=O)N2N=C(C(F)(F)C(F)(F)C(F)(F)F)C[C@@]2(O)C(C)(C)C)c1. The molecule has 1 heterocycles. The Morgan fingerprint density at radius 3 is 2.17 bits per heavy atom. The van der Waals surface area contributed by atoms with Crippen molar-refractivity contribution in [1.29, 1.82) is 0 Å². The first-order valence-corrected chi connectivity index (χ1v) is 8.51. The quantitative estimate of drug-likeness (QED) is 0.698. The molecular formula is C18H19F7N2O3. The van der Waals surface area contributed by atoms with Crippen LogP contribution >= 0.6 is 0 Å². The number of nitrogens with zero attached hydrogens (tertiary/aromatic N) is 2. The van der Waals surface area contributed by atoms with Crippen LogP contribution in [0.3, 0.4) is 0 Å². The number of carbonyl (C=O) groups is 1. The molecule has 0 radical (unpaired) electrons. The monoisotopic (exact) mass is 444 g/mol. The van der Waals surface area contributed by atoms with Crippen LogP contribution in [-0.4, -0.2) is 52.6 Å². The van der Waals surface area contributed by atoms with E-state index in [1.165, 1.54) is 52.1 Å². The molecule has 0 spiro atoms. The van der Waals surface area contributed by atoms with Crippen molar-refractivity contribution >= 4 is 11.6 Å². The van der Waals surface area contributed by atoms with E-state index in [1.54, 1.807) is 0 Å². The van der Waals surface area contributed by atoms with Crippen molar-refractivity contribution in [1.82, 2.24) is 5.01 Å². The van der Waals surface area contributed by atoms with E-state index in [-0.39, 0.29) is 16.3 Å². The van der Waals surface area contributed by atoms with Crippen LogP contribution in [0.2, 0.25) is 0 Å². The highest BCUT2D eigenvalue weighted by Crippen LogP contribution is 2.51. The Kier molecular flexibility index (Phi) is 5.66. The van der Waals surface area contributed by atoms with E-state index in [2.05, 4.69) is 5.10 Å². The van der Waals surface area contributed by atoms with Crippen molar-refractivity contribution < 1.29 is 45.4 Å². The zero-order valence-corrected chi connectivity index (χ0v) is 16.3. The van der Waals surface area contributed by atoms with Gasteiger partial charge < -0.3 is 9.84 Å². The van der Waals surface area contributed by atoms with Gasteiger partial charge in [-0.3, -0.25) is 4.79 Å². The summed E-state index contributed by atoms with van der Waals surface area (Å²) >= 11 is 0. The van der Waals surface area contributed by atoms with Gasteiger partial charge in [0, 0.05) is 17.4 Å². The first-order valence-electron chi connectivity index (χ1n) is 8.51. The molecule has 5 nitrogen and oxygen atoms in total. The number of ether oxygens (including phenoxy) is 1. The molecule has 0 saturated carbocycles. The largest absolute Gasteiger partial charge is 0.497 e. The number of rotatable bonds is 4. The molecule has 1 aromatic rings. The van der Waals surface area contributed by atoms with Gasteiger partial charge in [0.15, 0.2) is 5.72 Å². The molecule has 0 unspecified atom stereocenters. The van der Waals surface area contributed by atoms with Crippen LogP contribution in [0.15, 0.2) is 29.4 Å². The van der Waals surface area contributed by atoms with E-state index in [9.17, 15) is 40.6 Å². The summed E-state index contributed by atoms with van der Waals surface area (Å²) in [5.74, 6) is -13.3. The van der Waals surface area contributed by atoms with E-state index in [0.29, 0.717) is 0 Å². The third kappa shape index (κ3) is 3.61. The molecule has 30 heavy (non-hydrogen) atoms. The molecule has 0 saturated heterocycles. The molecule has 0 bridgehead atoms. The number of alkyl halides is 7. The smallest absolute Gasteiger partial charge is 0.460 e. The predicted octanol–water partition coefficient (Wildman–Crippen LogP) is 4.46. The Morgan fingerprint density at radius 2 is 1.70 bits per heavy atom.